The molecule has 0 aromatic carbocycles. The van der Waals surface area contributed by atoms with Gasteiger partial charge in [-0.05, 0) is 19.3 Å². The average molecular weight is 157 g/mol. The molecule has 0 aliphatic rings. The van der Waals surface area contributed by atoms with Crippen molar-refractivity contribution >= 4 is 5.71 Å². The van der Waals surface area contributed by atoms with Crippen molar-refractivity contribution in [2.45, 2.75) is 52.4 Å². The fourth-order valence-corrected chi connectivity index (χ4v) is 1.05. The molecule has 0 aliphatic heterocycles. The van der Waals surface area contributed by atoms with E-state index in [9.17, 15) is 0 Å². The highest BCUT2D eigenvalue weighted by Gasteiger charge is 1.95. The molecule has 2 nitrogen and oxygen atoms in total. The maximum atomic E-state index is 8.47. The zero-order valence-corrected chi connectivity index (χ0v) is 7.64. The molecule has 1 N–H and O–H groups in total. The third-order valence-electron chi connectivity index (χ3n) is 1.87. The Morgan fingerprint density at radius 1 is 1.18 bits per heavy atom. The third kappa shape index (κ3) is 5.89. The lowest BCUT2D eigenvalue weighted by molar-refractivity contribution is 0.316. The quantitative estimate of drug-likeness (QED) is 0.273. The molecule has 0 bridgehead atoms. The van der Waals surface area contributed by atoms with Crippen LogP contribution in [0.3, 0.4) is 0 Å². The number of hydrogen-bond acceptors (Lipinski definition) is 2. The minimum absolute atomic E-state index is 0.878. The number of nitrogens with zero attached hydrogens (tertiary/aromatic N) is 1. The van der Waals surface area contributed by atoms with E-state index in [1.165, 1.54) is 25.7 Å². The summed E-state index contributed by atoms with van der Waals surface area (Å²) in [5.74, 6) is 0. The average Bonchev–Trinajstić information content (AvgIpc) is 2.05. The second-order valence-corrected chi connectivity index (χ2v) is 2.83. The zero-order chi connectivity index (χ0) is 8.53. The molecular weight excluding hydrogens is 138 g/mol. The summed E-state index contributed by atoms with van der Waals surface area (Å²) in [6.07, 6.45) is 6.83. The monoisotopic (exact) mass is 157 g/mol. The molecule has 0 spiro atoms. The van der Waals surface area contributed by atoms with Crippen molar-refractivity contribution in [3.05, 3.63) is 0 Å². The summed E-state index contributed by atoms with van der Waals surface area (Å²) in [5.41, 5.74) is 0.932. The first kappa shape index (κ1) is 10.5. The SMILES string of the molecule is CCCCCC/C(CC)=N/O. The molecule has 0 rings (SSSR count). The van der Waals surface area contributed by atoms with E-state index >= 15 is 0 Å². The molecular formula is C9H19NO. The maximum absolute atomic E-state index is 8.47. The van der Waals surface area contributed by atoms with Gasteiger partial charge < -0.3 is 5.21 Å². The summed E-state index contributed by atoms with van der Waals surface area (Å²) in [6, 6.07) is 0. The minimum Gasteiger partial charge on any atom is -0.411 e. The molecule has 0 radical (unpaired) electrons. The van der Waals surface area contributed by atoms with E-state index in [4.69, 9.17) is 5.21 Å². The van der Waals surface area contributed by atoms with Crippen molar-refractivity contribution in [2.75, 3.05) is 0 Å². The summed E-state index contributed by atoms with van der Waals surface area (Å²) < 4.78 is 0. The summed E-state index contributed by atoms with van der Waals surface area (Å²) in [6.45, 7) is 4.22. The second kappa shape index (κ2) is 7.58. The molecule has 0 saturated carbocycles. The van der Waals surface area contributed by atoms with E-state index in [1.807, 2.05) is 6.92 Å². The van der Waals surface area contributed by atoms with Crippen LogP contribution in [0.5, 0.6) is 0 Å². The fraction of sp³-hybridized carbons (Fsp3) is 0.889. The molecule has 0 atom stereocenters. The number of hydrogen-bond donors (Lipinski definition) is 1. The molecule has 0 aromatic heterocycles. The lowest BCUT2D eigenvalue weighted by Gasteiger charge is -1.99. The highest BCUT2D eigenvalue weighted by atomic mass is 16.4. The Kier molecular flexibility index (Phi) is 7.21. The van der Waals surface area contributed by atoms with Gasteiger partial charge in [-0.25, -0.2) is 0 Å². The predicted octanol–water partition coefficient (Wildman–Crippen LogP) is 3.20. The van der Waals surface area contributed by atoms with Gasteiger partial charge in [0, 0.05) is 0 Å². The standard InChI is InChI=1S/C9H19NO/c1-3-5-6-7-8-9(4-2)10-11/h11H,3-8H2,1-2H3/b10-9+. The lowest BCUT2D eigenvalue weighted by atomic mass is 10.1. The Morgan fingerprint density at radius 2 is 1.91 bits per heavy atom. The molecule has 11 heavy (non-hydrogen) atoms. The highest BCUT2D eigenvalue weighted by molar-refractivity contribution is 5.83. The van der Waals surface area contributed by atoms with Crippen LogP contribution in [0.2, 0.25) is 0 Å². The Labute approximate surface area is 69.3 Å². The Hall–Kier alpha value is -0.530. The van der Waals surface area contributed by atoms with Crippen molar-refractivity contribution in [1.29, 1.82) is 0 Å². The molecule has 0 amide bonds. The van der Waals surface area contributed by atoms with Crippen LogP contribution in [0, 0.1) is 0 Å². The first-order valence-electron chi connectivity index (χ1n) is 4.54. The molecule has 0 fully saturated rings. The van der Waals surface area contributed by atoms with Crippen LogP contribution < -0.4 is 0 Å². The van der Waals surface area contributed by atoms with Crippen LogP contribution in [0.25, 0.3) is 0 Å². The third-order valence-corrected chi connectivity index (χ3v) is 1.87. The van der Waals surface area contributed by atoms with Crippen LogP contribution >= 0.6 is 0 Å². The van der Waals surface area contributed by atoms with Crippen LogP contribution in [0.15, 0.2) is 5.16 Å². The van der Waals surface area contributed by atoms with Gasteiger partial charge in [0.25, 0.3) is 0 Å². The molecule has 0 unspecified atom stereocenters. The summed E-state index contributed by atoms with van der Waals surface area (Å²) in [7, 11) is 0. The molecule has 0 aromatic rings. The highest BCUT2D eigenvalue weighted by Crippen LogP contribution is 2.04. The van der Waals surface area contributed by atoms with Crippen molar-refractivity contribution in [2.24, 2.45) is 5.16 Å². The predicted molar refractivity (Wildman–Crippen MR) is 48.3 cm³/mol. The van der Waals surface area contributed by atoms with Gasteiger partial charge in [0.1, 0.15) is 0 Å². The Bertz CT molecular complexity index is 110. The van der Waals surface area contributed by atoms with Gasteiger partial charge in [-0.2, -0.15) is 0 Å². The molecule has 2 heteroatoms. The first-order chi connectivity index (χ1) is 5.35. The molecule has 66 valence electrons. The van der Waals surface area contributed by atoms with Crippen LogP contribution in [0.4, 0.5) is 0 Å². The van der Waals surface area contributed by atoms with E-state index in [0.29, 0.717) is 0 Å². The number of rotatable bonds is 6. The van der Waals surface area contributed by atoms with Crippen LogP contribution in [-0.2, 0) is 0 Å². The summed E-state index contributed by atoms with van der Waals surface area (Å²) in [5, 5.41) is 11.7. The minimum atomic E-state index is 0.878. The van der Waals surface area contributed by atoms with Gasteiger partial charge in [-0.1, -0.05) is 38.3 Å². The topological polar surface area (TPSA) is 32.6 Å². The zero-order valence-electron chi connectivity index (χ0n) is 7.64. The lowest BCUT2D eigenvalue weighted by Crippen LogP contribution is -1.95. The fourth-order valence-electron chi connectivity index (χ4n) is 1.05. The number of unbranched alkanes of at least 4 members (excludes halogenated alkanes) is 3. The van der Waals surface area contributed by atoms with Crippen LogP contribution in [0.1, 0.15) is 52.4 Å². The van der Waals surface area contributed by atoms with E-state index in [-0.39, 0.29) is 0 Å². The van der Waals surface area contributed by atoms with Gasteiger partial charge in [0.05, 0.1) is 5.71 Å². The molecule has 0 saturated heterocycles. The van der Waals surface area contributed by atoms with E-state index in [0.717, 1.165) is 18.6 Å². The van der Waals surface area contributed by atoms with E-state index < -0.39 is 0 Å². The molecule has 0 aliphatic carbocycles. The van der Waals surface area contributed by atoms with Crippen molar-refractivity contribution < 1.29 is 5.21 Å². The first-order valence-corrected chi connectivity index (χ1v) is 4.54. The van der Waals surface area contributed by atoms with Crippen LogP contribution in [-0.4, -0.2) is 10.9 Å². The normalized spacial score (nSPS) is 12.0. The summed E-state index contributed by atoms with van der Waals surface area (Å²) in [4.78, 5) is 0. The van der Waals surface area contributed by atoms with Gasteiger partial charge >= 0.3 is 0 Å². The second-order valence-electron chi connectivity index (χ2n) is 2.83. The van der Waals surface area contributed by atoms with Crippen molar-refractivity contribution in [3.8, 4) is 0 Å². The van der Waals surface area contributed by atoms with E-state index in [2.05, 4.69) is 12.1 Å². The maximum Gasteiger partial charge on any atom is 0.0568 e. The van der Waals surface area contributed by atoms with Gasteiger partial charge in [0.2, 0.25) is 0 Å². The Balaban J connectivity index is 3.22. The van der Waals surface area contributed by atoms with Gasteiger partial charge in [-0.15, -0.1) is 0 Å². The van der Waals surface area contributed by atoms with Crippen molar-refractivity contribution in [1.82, 2.24) is 0 Å². The van der Waals surface area contributed by atoms with Gasteiger partial charge in [0.15, 0.2) is 0 Å². The van der Waals surface area contributed by atoms with Gasteiger partial charge in [-0.3, -0.25) is 0 Å². The smallest absolute Gasteiger partial charge is 0.0568 e. The van der Waals surface area contributed by atoms with Crippen molar-refractivity contribution in [3.63, 3.8) is 0 Å². The number of oxime groups is 1. The Morgan fingerprint density at radius 3 is 2.36 bits per heavy atom. The molecule has 0 heterocycles. The summed E-state index contributed by atoms with van der Waals surface area (Å²) >= 11 is 0. The van der Waals surface area contributed by atoms with E-state index in [1.54, 1.807) is 0 Å². The largest absolute Gasteiger partial charge is 0.411 e.